The molecule has 1 spiro atoms. The highest BCUT2D eigenvalue weighted by Crippen LogP contribution is 2.69. The summed E-state index contributed by atoms with van der Waals surface area (Å²) in [6.07, 6.45) is 0. The number of para-hydroxylation sites is 2. The van der Waals surface area contributed by atoms with Gasteiger partial charge in [-0.2, -0.15) is 18.9 Å². The Morgan fingerprint density at radius 2 is 1.02 bits per heavy atom. The quantitative estimate of drug-likeness (QED) is 0.156. The van der Waals surface area contributed by atoms with Crippen LogP contribution in [0.5, 0.6) is 11.5 Å². The largest absolute Gasteiger partial charge is 0.456 e. The number of hydrogen-bond acceptors (Lipinski definition) is 3. The predicted octanol–water partition coefficient (Wildman–Crippen LogP) is 9.13. The number of hydrogen-bond donors (Lipinski definition) is 0. The fraction of sp³-hybridized carbons (Fsp3) is 0.227. The number of ether oxygens (including phenoxy) is 1. The third kappa shape index (κ3) is 2.25. The topological polar surface area (TPSA) is 23.5 Å². The lowest BCUT2D eigenvalue weighted by Crippen LogP contribution is -2.77. The summed E-state index contributed by atoms with van der Waals surface area (Å²) in [7, 11) is 0. The molecular weight excluding hydrogens is 601 g/mol. The van der Waals surface area contributed by atoms with Crippen LogP contribution in [-0.2, 0) is 21.9 Å². The number of benzene rings is 4. The van der Waals surface area contributed by atoms with Crippen molar-refractivity contribution in [3.05, 3.63) is 142 Å². The second-order valence-electron chi connectivity index (χ2n) is 16.6. The summed E-state index contributed by atoms with van der Waals surface area (Å²) in [5.41, 5.74) is 17.0. The Morgan fingerprint density at radius 1 is 0.469 bits per heavy atom. The standard InChI is InChI=1S/C44H34N4O/c1-41(2)23-11-7-8-14-29(23)45-34-16-10-15-30-31-20-17-28-40-46-37-24(12-9-13-25(37)43(28,5)6)42(3,4)27-19-22-33-36(39(27)46)44(47(30)34,48(31)40)35-32(49-33)21-18-26(41)38(35)45/h7-22H,1-6H3/q+2. The average molecular weight is 635 g/mol. The first kappa shape index (κ1) is 25.6. The molecule has 0 fully saturated rings. The monoisotopic (exact) mass is 634 g/mol. The summed E-state index contributed by atoms with van der Waals surface area (Å²) < 4.78 is 12.6. The van der Waals surface area contributed by atoms with Crippen molar-refractivity contribution in [3.8, 4) is 22.9 Å². The van der Waals surface area contributed by atoms with Crippen molar-refractivity contribution in [1.82, 2.24) is 0 Å². The van der Waals surface area contributed by atoms with E-state index in [2.05, 4.69) is 158 Å². The molecule has 0 radical (unpaired) electrons. The van der Waals surface area contributed by atoms with E-state index in [1.165, 1.54) is 90.3 Å². The molecule has 9 heterocycles. The van der Waals surface area contributed by atoms with Crippen LogP contribution in [-0.4, -0.2) is 0 Å². The summed E-state index contributed by atoms with van der Waals surface area (Å²) in [6, 6.07) is 36.9. The number of fused-ring (bicyclic) bond motifs is 4. The summed E-state index contributed by atoms with van der Waals surface area (Å²) in [5.74, 6) is 4.36. The molecule has 2 aromatic heterocycles. The first-order valence-corrected chi connectivity index (χ1v) is 17.6. The van der Waals surface area contributed by atoms with Gasteiger partial charge < -0.3 is 4.74 Å². The lowest BCUT2D eigenvalue weighted by Gasteiger charge is -2.51. The zero-order valence-electron chi connectivity index (χ0n) is 28.4. The Kier molecular flexibility index (Phi) is 3.72. The SMILES string of the molecule is CC1(C)c2ccccc2N2c3c1ccc1c3C34c5c(ccc6c5N5c7c(cccc7C(C)(C)c7ccc([n+]3c75)-c3cccc2[n+]34)C6(C)C)O1. The molecule has 1 atom stereocenters. The van der Waals surface area contributed by atoms with Crippen molar-refractivity contribution in [2.24, 2.45) is 0 Å². The van der Waals surface area contributed by atoms with Gasteiger partial charge in [0.25, 0.3) is 11.6 Å². The number of rotatable bonds is 0. The molecule has 5 heteroatoms. The van der Waals surface area contributed by atoms with Gasteiger partial charge in [-0.15, -0.1) is 0 Å². The van der Waals surface area contributed by atoms with Gasteiger partial charge in [0, 0.05) is 50.1 Å². The molecule has 0 saturated heterocycles. The zero-order valence-corrected chi connectivity index (χ0v) is 28.4. The third-order valence-electron chi connectivity index (χ3n) is 13.5. The molecule has 0 amide bonds. The van der Waals surface area contributed by atoms with E-state index in [9.17, 15) is 0 Å². The lowest BCUT2D eigenvalue weighted by molar-refractivity contribution is -0.929. The Hall–Kier alpha value is -5.42. The maximum absolute atomic E-state index is 7.18. The molecule has 234 valence electrons. The third-order valence-corrected chi connectivity index (χ3v) is 13.5. The highest BCUT2D eigenvalue weighted by Gasteiger charge is 2.74. The van der Waals surface area contributed by atoms with Gasteiger partial charge in [0.15, 0.2) is 22.8 Å². The predicted molar refractivity (Wildman–Crippen MR) is 190 cm³/mol. The zero-order chi connectivity index (χ0) is 32.7. The van der Waals surface area contributed by atoms with Gasteiger partial charge in [-0.3, -0.25) is 0 Å². The van der Waals surface area contributed by atoms with Gasteiger partial charge >= 0.3 is 5.66 Å². The van der Waals surface area contributed by atoms with Crippen molar-refractivity contribution in [2.75, 3.05) is 9.80 Å². The molecule has 1 unspecified atom stereocenters. The van der Waals surface area contributed by atoms with Crippen molar-refractivity contribution in [2.45, 2.75) is 63.5 Å². The fourth-order valence-electron chi connectivity index (χ4n) is 11.4. The maximum Gasteiger partial charge on any atom is 0.323 e. The molecule has 6 aromatic rings. The smallest absolute Gasteiger partial charge is 0.323 e. The molecule has 4 aromatic carbocycles. The number of aromatic nitrogens is 2. The van der Waals surface area contributed by atoms with Gasteiger partial charge in [-0.05, 0) is 42.5 Å². The van der Waals surface area contributed by atoms with Crippen molar-refractivity contribution in [1.29, 1.82) is 0 Å². The van der Waals surface area contributed by atoms with Crippen LogP contribution < -0.4 is 23.7 Å². The van der Waals surface area contributed by atoms with Crippen LogP contribution in [0.1, 0.15) is 86.1 Å². The summed E-state index contributed by atoms with van der Waals surface area (Å²) in [4.78, 5) is 5.18. The van der Waals surface area contributed by atoms with E-state index < -0.39 is 5.66 Å². The lowest BCUT2D eigenvalue weighted by atomic mass is 9.64. The first-order chi connectivity index (χ1) is 23.6. The van der Waals surface area contributed by atoms with E-state index in [-0.39, 0.29) is 16.2 Å². The van der Waals surface area contributed by atoms with Gasteiger partial charge in [-0.1, -0.05) is 90.1 Å². The molecule has 13 rings (SSSR count). The molecule has 7 aliphatic rings. The molecule has 49 heavy (non-hydrogen) atoms. The number of nitrogens with zero attached hydrogens (tertiary/aromatic N) is 4. The van der Waals surface area contributed by atoms with E-state index in [4.69, 9.17) is 4.74 Å². The highest BCUT2D eigenvalue weighted by molar-refractivity contribution is 5.97. The molecule has 0 bridgehead atoms. The molecule has 0 saturated carbocycles. The fourth-order valence-corrected chi connectivity index (χ4v) is 11.4. The van der Waals surface area contributed by atoms with Gasteiger partial charge in [0.2, 0.25) is 0 Å². The summed E-state index contributed by atoms with van der Waals surface area (Å²) in [6.45, 7) is 14.5. The van der Waals surface area contributed by atoms with Crippen LogP contribution in [0.3, 0.4) is 0 Å². The minimum Gasteiger partial charge on any atom is -0.456 e. The van der Waals surface area contributed by atoms with Crippen LogP contribution in [0, 0.1) is 0 Å². The van der Waals surface area contributed by atoms with Crippen molar-refractivity contribution in [3.63, 3.8) is 0 Å². The highest BCUT2D eigenvalue weighted by atomic mass is 16.5. The maximum atomic E-state index is 7.18. The van der Waals surface area contributed by atoms with Crippen LogP contribution in [0.2, 0.25) is 0 Å². The van der Waals surface area contributed by atoms with Crippen molar-refractivity contribution >= 4 is 34.4 Å². The Morgan fingerprint density at radius 3 is 1.76 bits per heavy atom. The summed E-state index contributed by atoms with van der Waals surface area (Å²) in [5, 5.41) is 0. The molecule has 7 aliphatic heterocycles. The van der Waals surface area contributed by atoms with E-state index in [1.54, 1.807) is 0 Å². The van der Waals surface area contributed by atoms with Crippen LogP contribution in [0.4, 0.5) is 34.4 Å². The molecular formula is C44H34N4O+2. The van der Waals surface area contributed by atoms with Crippen LogP contribution in [0.25, 0.3) is 11.4 Å². The normalized spacial score (nSPS) is 21.9. The van der Waals surface area contributed by atoms with Gasteiger partial charge in [-0.25, -0.2) is 0 Å². The molecule has 5 nitrogen and oxygen atoms in total. The average Bonchev–Trinajstić information content (AvgIpc) is 3.39. The number of anilines is 6. The second-order valence-corrected chi connectivity index (χ2v) is 16.6. The van der Waals surface area contributed by atoms with E-state index in [0.29, 0.717) is 0 Å². The van der Waals surface area contributed by atoms with E-state index in [0.717, 1.165) is 11.5 Å². The Labute approximate surface area is 285 Å². The second kappa shape index (κ2) is 7.13. The first-order valence-electron chi connectivity index (χ1n) is 17.6. The van der Waals surface area contributed by atoms with E-state index in [1.807, 2.05) is 0 Å². The Balaban J connectivity index is 1.32. The minimum absolute atomic E-state index is 0.202. The van der Waals surface area contributed by atoms with Crippen LogP contribution in [0.15, 0.2) is 97.1 Å². The molecule has 0 aliphatic carbocycles. The Bertz CT molecular complexity index is 2670. The van der Waals surface area contributed by atoms with Crippen molar-refractivity contribution < 1.29 is 13.9 Å². The molecule has 0 N–H and O–H groups in total. The summed E-state index contributed by atoms with van der Waals surface area (Å²) >= 11 is 0. The van der Waals surface area contributed by atoms with Crippen LogP contribution >= 0.6 is 0 Å². The number of pyridine rings is 2. The minimum atomic E-state index is -0.669. The van der Waals surface area contributed by atoms with E-state index >= 15 is 0 Å². The van der Waals surface area contributed by atoms with Gasteiger partial charge in [0.1, 0.15) is 34.0 Å². The van der Waals surface area contributed by atoms with Gasteiger partial charge in [0.05, 0.1) is 5.56 Å².